The summed E-state index contributed by atoms with van der Waals surface area (Å²) in [4.78, 5) is 14.0. The molecule has 0 fully saturated rings. The quantitative estimate of drug-likeness (QED) is 0.617. The van der Waals surface area contributed by atoms with Gasteiger partial charge in [0.05, 0.1) is 25.2 Å². The van der Waals surface area contributed by atoms with Crippen molar-refractivity contribution in [3.8, 4) is 5.75 Å². The first-order chi connectivity index (χ1) is 11.0. The van der Waals surface area contributed by atoms with E-state index in [1.54, 1.807) is 12.1 Å². The minimum atomic E-state index is -0.0932. The number of carbonyl (C=O) groups is 1. The minimum Gasteiger partial charge on any atom is -1.00 e. The summed E-state index contributed by atoms with van der Waals surface area (Å²) in [6, 6.07) is 10.8. The molecule has 4 nitrogen and oxygen atoms in total. The molecule has 2 N–H and O–H groups in total. The number of nitrogens with one attached hydrogen (secondary N) is 1. The molecule has 1 heterocycles. The van der Waals surface area contributed by atoms with Gasteiger partial charge in [0.15, 0.2) is 5.78 Å². The average Bonchev–Trinajstić information content (AvgIpc) is 2.94. The Morgan fingerprint density at radius 1 is 1.12 bits per heavy atom. The molecule has 0 aliphatic carbocycles. The van der Waals surface area contributed by atoms with Gasteiger partial charge in [0.1, 0.15) is 24.1 Å². The first kappa shape index (κ1) is 18.0. The van der Waals surface area contributed by atoms with Crippen LogP contribution in [0.5, 0.6) is 5.75 Å². The SMILES string of the molecule is Cc1ccc(C(=O)c2coc3ccc(O)c(C[NH+](C)C)c23)cc1.[Cl-]. The number of phenols is 1. The Labute approximate surface area is 147 Å². The van der Waals surface area contributed by atoms with Gasteiger partial charge < -0.3 is 26.8 Å². The number of rotatable bonds is 4. The van der Waals surface area contributed by atoms with Crippen LogP contribution in [0.4, 0.5) is 0 Å². The molecule has 0 aliphatic heterocycles. The molecular formula is C19H20ClNO3. The van der Waals surface area contributed by atoms with E-state index in [2.05, 4.69) is 0 Å². The summed E-state index contributed by atoms with van der Waals surface area (Å²) >= 11 is 0. The van der Waals surface area contributed by atoms with Crippen LogP contribution < -0.4 is 17.3 Å². The fourth-order valence-corrected chi connectivity index (χ4v) is 2.75. The molecule has 0 saturated carbocycles. The predicted molar refractivity (Wildman–Crippen MR) is 89.0 cm³/mol. The Balaban J connectivity index is 0.00000208. The number of halogens is 1. The first-order valence-corrected chi connectivity index (χ1v) is 7.60. The van der Waals surface area contributed by atoms with Crippen LogP contribution in [-0.4, -0.2) is 25.0 Å². The van der Waals surface area contributed by atoms with Gasteiger partial charge in [-0.2, -0.15) is 0 Å². The smallest absolute Gasteiger partial charge is 0.196 e. The number of hydrogen-bond donors (Lipinski definition) is 2. The zero-order valence-corrected chi connectivity index (χ0v) is 14.6. The molecule has 1 aromatic heterocycles. The van der Waals surface area contributed by atoms with E-state index in [4.69, 9.17) is 4.42 Å². The zero-order valence-electron chi connectivity index (χ0n) is 13.9. The molecule has 3 aromatic rings. The van der Waals surface area contributed by atoms with Crippen LogP contribution in [-0.2, 0) is 6.54 Å². The Morgan fingerprint density at radius 3 is 2.42 bits per heavy atom. The highest BCUT2D eigenvalue weighted by Gasteiger charge is 2.21. The fraction of sp³-hybridized carbons (Fsp3) is 0.211. The molecular weight excluding hydrogens is 326 g/mol. The van der Waals surface area contributed by atoms with E-state index in [1.165, 1.54) is 6.26 Å². The van der Waals surface area contributed by atoms with E-state index in [1.807, 2.05) is 45.3 Å². The zero-order chi connectivity index (χ0) is 16.6. The van der Waals surface area contributed by atoms with Crippen LogP contribution in [0.1, 0.15) is 27.0 Å². The molecule has 24 heavy (non-hydrogen) atoms. The third kappa shape index (κ3) is 3.30. The number of fused-ring (bicyclic) bond motifs is 1. The van der Waals surface area contributed by atoms with Crippen molar-refractivity contribution in [3.05, 3.63) is 64.9 Å². The molecule has 0 bridgehead atoms. The van der Waals surface area contributed by atoms with E-state index >= 15 is 0 Å². The number of benzene rings is 2. The molecule has 0 amide bonds. The van der Waals surface area contributed by atoms with Crippen molar-refractivity contribution in [3.63, 3.8) is 0 Å². The monoisotopic (exact) mass is 345 g/mol. The fourth-order valence-electron chi connectivity index (χ4n) is 2.75. The summed E-state index contributed by atoms with van der Waals surface area (Å²) in [5.41, 5.74) is 3.58. The van der Waals surface area contributed by atoms with Crippen LogP contribution in [0, 0.1) is 6.92 Å². The number of carbonyl (C=O) groups excluding carboxylic acids is 1. The Hall–Kier alpha value is -2.30. The van der Waals surface area contributed by atoms with Gasteiger partial charge in [-0.15, -0.1) is 0 Å². The van der Waals surface area contributed by atoms with Gasteiger partial charge >= 0.3 is 0 Å². The molecule has 3 rings (SSSR count). The minimum absolute atomic E-state index is 0. The summed E-state index contributed by atoms with van der Waals surface area (Å²) < 4.78 is 5.55. The van der Waals surface area contributed by atoms with E-state index in [0.717, 1.165) is 16.0 Å². The van der Waals surface area contributed by atoms with Crippen LogP contribution in [0.3, 0.4) is 0 Å². The van der Waals surface area contributed by atoms with Crippen molar-refractivity contribution >= 4 is 16.8 Å². The molecule has 0 aliphatic rings. The first-order valence-electron chi connectivity index (χ1n) is 7.60. The molecule has 0 atom stereocenters. The normalized spacial score (nSPS) is 10.8. The van der Waals surface area contributed by atoms with Crippen LogP contribution >= 0.6 is 0 Å². The number of aromatic hydroxyl groups is 1. The molecule has 126 valence electrons. The van der Waals surface area contributed by atoms with E-state index in [-0.39, 0.29) is 23.9 Å². The second-order valence-electron chi connectivity index (χ2n) is 6.16. The third-order valence-electron chi connectivity index (χ3n) is 3.91. The lowest BCUT2D eigenvalue weighted by Crippen LogP contribution is -3.04. The molecule has 2 aromatic carbocycles. The highest BCUT2D eigenvalue weighted by atomic mass is 35.5. The molecule has 0 radical (unpaired) electrons. The van der Waals surface area contributed by atoms with E-state index in [0.29, 0.717) is 28.6 Å². The molecule has 0 unspecified atom stereocenters. The van der Waals surface area contributed by atoms with Crippen LogP contribution in [0.25, 0.3) is 11.0 Å². The van der Waals surface area contributed by atoms with Gasteiger partial charge in [0.2, 0.25) is 0 Å². The number of hydrogen-bond acceptors (Lipinski definition) is 3. The third-order valence-corrected chi connectivity index (χ3v) is 3.91. The maximum atomic E-state index is 12.8. The highest BCUT2D eigenvalue weighted by molar-refractivity contribution is 6.16. The van der Waals surface area contributed by atoms with Crippen LogP contribution in [0.2, 0.25) is 0 Å². The summed E-state index contributed by atoms with van der Waals surface area (Å²) in [6.07, 6.45) is 1.49. The summed E-state index contributed by atoms with van der Waals surface area (Å²) in [5, 5.41) is 10.9. The van der Waals surface area contributed by atoms with Gasteiger partial charge in [-0.1, -0.05) is 29.8 Å². The topological polar surface area (TPSA) is 54.9 Å². The van der Waals surface area contributed by atoms with Gasteiger partial charge in [-0.25, -0.2) is 0 Å². The van der Waals surface area contributed by atoms with Crippen LogP contribution in [0.15, 0.2) is 47.1 Å². The van der Waals surface area contributed by atoms with Crippen molar-refractivity contribution < 1.29 is 31.6 Å². The number of furan rings is 1. The highest BCUT2D eigenvalue weighted by Crippen LogP contribution is 2.32. The second-order valence-corrected chi connectivity index (χ2v) is 6.16. The second kappa shape index (κ2) is 7.07. The predicted octanol–water partition coefficient (Wildman–Crippen LogP) is -0.674. The Kier molecular flexibility index (Phi) is 5.32. The van der Waals surface area contributed by atoms with E-state index < -0.39 is 0 Å². The Bertz CT molecular complexity index is 866. The summed E-state index contributed by atoms with van der Waals surface area (Å²) in [7, 11) is 4.00. The van der Waals surface area contributed by atoms with E-state index in [9.17, 15) is 9.90 Å². The van der Waals surface area contributed by atoms with Gasteiger partial charge in [0, 0.05) is 10.9 Å². The maximum absolute atomic E-state index is 12.8. The van der Waals surface area contributed by atoms with Crippen molar-refractivity contribution in [2.24, 2.45) is 0 Å². The Morgan fingerprint density at radius 2 is 1.79 bits per heavy atom. The lowest BCUT2D eigenvalue weighted by atomic mass is 9.98. The van der Waals surface area contributed by atoms with Gasteiger partial charge in [0.25, 0.3) is 0 Å². The number of quaternary nitrogens is 1. The standard InChI is InChI=1S/C19H19NO3.ClH/c1-12-4-6-13(7-5-12)19(22)15-11-23-17-9-8-16(21)14(18(15)17)10-20(2)3;/h4-9,11,21H,10H2,1-3H3;1H. The maximum Gasteiger partial charge on any atom is 0.196 e. The van der Waals surface area contributed by atoms with Gasteiger partial charge in [-0.3, -0.25) is 4.79 Å². The number of ketones is 1. The van der Waals surface area contributed by atoms with Gasteiger partial charge in [-0.05, 0) is 19.1 Å². The van der Waals surface area contributed by atoms with Crippen molar-refractivity contribution in [1.82, 2.24) is 0 Å². The molecule has 0 spiro atoms. The summed E-state index contributed by atoms with van der Waals surface area (Å²) in [5.74, 6) is 0.0995. The molecule has 5 heteroatoms. The van der Waals surface area contributed by atoms with Crippen molar-refractivity contribution in [2.75, 3.05) is 14.1 Å². The lowest BCUT2D eigenvalue weighted by Gasteiger charge is -2.11. The number of phenolic OH excluding ortho intramolecular Hbond substituents is 1. The lowest BCUT2D eigenvalue weighted by molar-refractivity contribution is -0.872. The van der Waals surface area contributed by atoms with Crippen molar-refractivity contribution in [2.45, 2.75) is 13.5 Å². The van der Waals surface area contributed by atoms with Crippen molar-refractivity contribution in [1.29, 1.82) is 0 Å². The number of aryl methyl sites for hydroxylation is 1. The molecule has 0 saturated heterocycles. The largest absolute Gasteiger partial charge is 1.00 e. The summed E-state index contributed by atoms with van der Waals surface area (Å²) in [6.45, 7) is 2.59. The average molecular weight is 346 g/mol.